The van der Waals surface area contributed by atoms with Gasteiger partial charge in [0.2, 0.25) is 11.8 Å². The molecule has 0 N–H and O–H groups in total. The average Bonchev–Trinajstić information content (AvgIpc) is 2.66. The first-order chi connectivity index (χ1) is 9.09. The van der Waals surface area contributed by atoms with Crippen molar-refractivity contribution < 1.29 is 9.59 Å². The van der Waals surface area contributed by atoms with Gasteiger partial charge in [-0.05, 0) is 47.0 Å². The molecule has 1 aliphatic carbocycles. The van der Waals surface area contributed by atoms with Crippen molar-refractivity contribution in [2.45, 2.75) is 12.8 Å². The number of allylic oxidation sites excluding steroid dienone is 2. The summed E-state index contributed by atoms with van der Waals surface area (Å²) in [5.41, 5.74) is 0.584. The summed E-state index contributed by atoms with van der Waals surface area (Å²) in [6, 6.07) is 5.10. The molecule has 1 aliphatic heterocycles. The Morgan fingerprint density at radius 3 is 2.21 bits per heavy atom. The van der Waals surface area contributed by atoms with Crippen LogP contribution in [0.15, 0.2) is 34.8 Å². The predicted molar refractivity (Wildman–Crippen MR) is 77.0 cm³/mol. The second kappa shape index (κ2) is 4.76. The first kappa shape index (κ1) is 12.9. The number of amides is 2. The van der Waals surface area contributed by atoms with E-state index in [1.165, 1.54) is 4.90 Å². The Labute approximate surface area is 124 Å². The minimum atomic E-state index is -0.202. The fourth-order valence-corrected chi connectivity index (χ4v) is 3.16. The van der Waals surface area contributed by atoms with Crippen molar-refractivity contribution in [1.29, 1.82) is 0 Å². The summed E-state index contributed by atoms with van der Waals surface area (Å²) in [6.45, 7) is 0. The van der Waals surface area contributed by atoms with Gasteiger partial charge < -0.3 is 0 Å². The Hall–Kier alpha value is -1.13. The van der Waals surface area contributed by atoms with Gasteiger partial charge in [0.05, 0.1) is 22.5 Å². The van der Waals surface area contributed by atoms with Gasteiger partial charge in [-0.25, -0.2) is 4.90 Å². The first-order valence-corrected chi connectivity index (χ1v) is 7.24. The quantitative estimate of drug-likeness (QED) is 0.579. The smallest absolute Gasteiger partial charge is 0.238 e. The van der Waals surface area contributed by atoms with Gasteiger partial charge in [-0.1, -0.05) is 23.8 Å². The van der Waals surface area contributed by atoms with Crippen LogP contribution in [-0.2, 0) is 9.59 Å². The molecular formula is C14H11BrClNO2. The van der Waals surface area contributed by atoms with Gasteiger partial charge in [-0.3, -0.25) is 9.59 Å². The zero-order chi connectivity index (χ0) is 13.6. The van der Waals surface area contributed by atoms with E-state index in [0.717, 1.165) is 0 Å². The highest BCUT2D eigenvalue weighted by Gasteiger charge is 2.47. The van der Waals surface area contributed by atoms with Gasteiger partial charge in [-0.15, -0.1) is 0 Å². The molecule has 1 heterocycles. The van der Waals surface area contributed by atoms with E-state index in [9.17, 15) is 9.59 Å². The van der Waals surface area contributed by atoms with E-state index in [1.54, 1.807) is 18.2 Å². The highest BCUT2D eigenvalue weighted by atomic mass is 79.9. The number of rotatable bonds is 1. The third-order valence-electron chi connectivity index (χ3n) is 3.67. The van der Waals surface area contributed by atoms with Crippen LogP contribution in [0.5, 0.6) is 0 Å². The van der Waals surface area contributed by atoms with Gasteiger partial charge in [0.15, 0.2) is 0 Å². The maximum absolute atomic E-state index is 12.4. The van der Waals surface area contributed by atoms with Crippen LogP contribution >= 0.6 is 27.5 Å². The molecule has 0 bridgehead atoms. The average molecular weight is 341 g/mol. The Balaban J connectivity index is 1.99. The summed E-state index contributed by atoms with van der Waals surface area (Å²) in [5.74, 6) is -0.610. The molecule has 0 saturated carbocycles. The van der Waals surface area contributed by atoms with Crippen LogP contribution in [-0.4, -0.2) is 11.8 Å². The van der Waals surface area contributed by atoms with Gasteiger partial charge in [0.1, 0.15) is 0 Å². The molecule has 0 aromatic heterocycles. The third kappa shape index (κ3) is 2.03. The number of imide groups is 1. The molecule has 0 radical (unpaired) electrons. The van der Waals surface area contributed by atoms with E-state index in [4.69, 9.17) is 11.6 Å². The summed E-state index contributed by atoms with van der Waals surface area (Å²) in [4.78, 5) is 26.0. The predicted octanol–water partition coefficient (Wildman–Crippen LogP) is 3.56. The maximum atomic E-state index is 12.4. The lowest BCUT2D eigenvalue weighted by Crippen LogP contribution is -2.30. The molecule has 1 saturated heterocycles. The highest BCUT2D eigenvalue weighted by Crippen LogP contribution is 2.38. The molecule has 2 amide bonds. The summed E-state index contributed by atoms with van der Waals surface area (Å²) >= 11 is 9.25. The van der Waals surface area contributed by atoms with E-state index in [0.29, 0.717) is 28.0 Å². The largest absolute Gasteiger partial charge is 0.274 e. The van der Waals surface area contributed by atoms with Gasteiger partial charge in [0.25, 0.3) is 0 Å². The lowest BCUT2D eigenvalue weighted by Gasteiger charge is -2.15. The topological polar surface area (TPSA) is 37.4 Å². The molecule has 98 valence electrons. The van der Waals surface area contributed by atoms with Crippen molar-refractivity contribution >= 4 is 45.0 Å². The van der Waals surface area contributed by atoms with E-state index < -0.39 is 0 Å². The molecule has 2 atom stereocenters. The molecule has 3 nitrogen and oxygen atoms in total. The van der Waals surface area contributed by atoms with E-state index in [2.05, 4.69) is 15.9 Å². The third-order valence-corrected chi connectivity index (χ3v) is 4.88. The summed E-state index contributed by atoms with van der Waals surface area (Å²) in [6.07, 6.45) is 5.27. The minimum Gasteiger partial charge on any atom is -0.274 e. The lowest BCUT2D eigenvalue weighted by molar-refractivity contribution is -0.122. The summed E-state index contributed by atoms with van der Waals surface area (Å²) in [5, 5.41) is 0.557. The Bertz CT molecular complexity index is 573. The van der Waals surface area contributed by atoms with Crippen LogP contribution in [0.1, 0.15) is 12.8 Å². The van der Waals surface area contributed by atoms with E-state index >= 15 is 0 Å². The van der Waals surface area contributed by atoms with Crippen LogP contribution in [0.2, 0.25) is 5.02 Å². The molecule has 0 spiro atoms. The summed E-state index contributed by atoms with van der Waals surface area (Å²) in [7, 11) is 0. The zero-order valence-corrected chi connectivity index (χ0v) is 12.3. The highest BCUT2D eigenvalue weighted by molar-refractivity contribution is 9.10. The SMILES string of the molecule is O=C1C2CC=CCC2C(=O)N1c1ccc(Cl)c(Br)c1. The maximum Gasteiger partial charge on any atom is 0.238 e. The number of carbonyl (C=O) groups excluding carboxylic acids is 2. The molecule has 19 heavy (non-hydrogen) atoms. The standard InChI is InChI=1S/C14H11BrClNO2/c15-11-7-8(5-6-12(11)16)17-13(18)9-3-1-2-4-10(9)14(17)19/h1-2,5-7,9-10H,3-4H2. The number of benzene rings is 1. The number of hydrogen-bond acceptors (Lipinski definition) is 2. The van der Waals surface area contributed by atoms with Crippen molar-refractivity contribution in [3.05, 3.63) is 39.8 Å². The van der Waals surface area contributed by atoms with Crippen LogP contribution < -0.4 is 4.90 Å². The molecule has 2 aliphatic rings. The fraction of sp³-hybridized carbons (Fsp3) is 0.286. The van der Waals surface area contributed by atoms with Gasteiger partial charge in [0, 0.05) is 4.47 Å². The van der Waals surface area contributed by atoms with Crippen molar-refractivity contribution in [3.8, 4) is 0 Å². The number of carbonyl (C=O) groups is 2. The van der Waals surface area contributed by atoms with E-state index in [-0.39, 0.29) is 23.7 Å². The normalized spacial score (nSPS) is 25.9. The number of halogens is 2. The van der Waals surface area contributed by atoms with Crippen LogP contribution in [0.4, 0.5) is 5.69 Å². The number of nitrogens with zero attached hydrogens (tertiary/aromatic N) is 1. The summed E-state index contributed by atoms with van der Waals surface area (Å²) < 4.78 is 0.681. The minimum absolute atomic E-state index is 0.103. The fourth-order valence-electron chi connectivity index (χ4n) is 2.68. The van der Waals surface area contributed by atoms with Crippen LogP contribution in [0.25, 0.3) is 0 Å². The van der Waals surface area contributed by atoms with E-state index in [1.807, 2.05) is 12.2 Å². The first-order valence-electron chi connectivity index (χ1n) is 6.07. The zero-order valence-electron chi connectivity index (χ0n) is 9.98. The van der Waals surface area contributed by atoms with Crippen molar-refractivity contribution in [1.82, 2.24) is 0 Å². The van der Waals surface area contributed by atoms with Crippen molar-refractivity contribution in [2.75, 3.05) is 4.90 Å². The monoisotopic (exact) mass is 339 g/mol. The lowest BCUT2D eigenvalue weighted by atomic mass is 9.85. The Morgan fingerprint density at radius 1 is 1.11 bits per heavy atom. The molecule has 1 aromatic carbocycles. The number of anilines is 1. The number of fused-ring (bicyclic) bond motifs is 1. The molecule has 2 unspecified atom stereocenters. The Kier molecular flexibility index (Phi) is 3.23. The van der Waals surface area contributed by atoms with Gasteiger partial charge in [-0.2, -0.15) is 0 Å². The van der Waals surface area contributed by atoms with Crippen LogP contribution in [0.3, 0.4) is 0 Å². The number of hydrogen-bond donors (Lipinski definition) is 0. The second-order valence-electron chi connectivity index (χ2n) is 4.77. The molecule has 3 rings (SSSR count). The molecule has 5 heteroatoms. The molecule has 1 aromatic rings. The van der Waals surface area contributed by atoms with Gasteiger partial charge >= 0.3 is 0 Å². The van der Waals surface area contributed by atoms with Crippen LogP contribution in [0, 0.1) is 11.8 Å². The van der Waals surface area contributed by atoms with Crippen molar-refractivity contribution in [3.63, 3.8) is 0 Å². The molecular weight excluding hydrogens is 330 g/mol. The van der Waals surface area contributed by atoms with Crippen molar-refractivity contribution in [2.24, 2.45) is 11.8 Å². The molecule has 1 fully saturated rings. The second-order valence-corrected chi connectivity index (χ2v) is 6.03. The Morgan fingerprint density at radius 2 is 1.68 bits per heavy atom.